The number of halogens is 1. The van der Waals surface area contributed by atoms with E-state index >= 15 is 0 Å². The fourth-order valence-electron chi connectivity index (χ4n) is 2.99. The second kappa shape index (κ2) is 8.83. The number of anilines is 1. The number of methoxy groups -OCH3 is 1. The van der Waals surface area contributed by atoms with Gasteiger partial charge in [-0.2, -0.15) is 0 Å². The third kappa shape index (κ3) is 4.57. The number of carbonyl (C=O) groups is 1. The Bertz CT molecular complexity index is 1330. The topological polar surface area (TPSA) is 90.5 Å². The van der Waals surface area contributed by atoms with Gasteiger partial charge in [0.15, 0.2) is 5.65 Å². The Morgan fingerprint density at radius 1 is 1.26 bits per heavy atom. The summed E-state index contributed by atoms with van der Waals surface area (Å²) in [6.45, 7) is 1.73. The van der Waals surface area contributed by atoms with Crippen LogP contribution in [0, 0.1) is 6.92 Å². The molecule has 0 bridgehead atoms. The molecule has 8 nitrogen and oxygen atoms in total. The molecule has 2 aromatic heterocycles. The quantitative estimate of drug-likeness (QED) is 0.477. The lowest BCUT2D eigenvalue weighted by Crippen LogP contribution is -2.28. The van der Waals surface area contributed by atoms with Crippen molar-refractivity contribution in [3.05, 3.63) is 75.9 Å². The van der Waals surface area contributed by atoms with Crippen LogP contribution in [0.5, 0.6) is 5.75 Å². The predicted octanol–water partition coefficient (Wildman–Crippen LogP) is 3.65. The first-order valence-corrected chi connectivity index (χ1v) is 10.5. The van der Waals surface area contributed by atoms with Gasteiger partial charge in [0.1, 0.15) is 17.3 Å². The molecule has 0 radical (unpaired) electrons. The Kier molecular flexibility index (Phi) is 5.97. The van der Waals surface area contributed by atoms with Gasteiger partial charge >= 0.3 is 5.69 Å². The Morgan fingerprint density at radius 2 is 2.10 bits per heavy atom. The molecule has 158 valence electrons. The third-order valence-electron chi connectivity index (χ3n) is 4.40. The number of aromatic nitrogens is 4. The number of carbonyl (C=O) groups excluding carboxylic acids is 1. The van der Waals surface area contributed by atoms with E-state index in [0.29, 0.717) is 27.1 Å². The second-order valence-electron chi connectivity index (χ2n) is 6.68. The van der Waals surface area contributed by atoms with Crippen molar-refractivity contribution in [2.45, 2.75) is 23.4 Å². The van der Waals surface area contributed by atoms with Crippen LogP contribution in [0.15, 0.2) is 69.6 Å². The van der Waals surface area contributed by atoms with Crippen molar-refractivity contribution in [2.24, 2.45) is 0 Å². The molecule has 1 N–H and O–H groups in total. The van der Waals surface area contributed by atoms with Crippen LogP contribution in [0.25, 0.3) is 5.65 Å². The number of nitrogens with zero attached hydrogens (tertiary/aromatic N) is 4. The fraction of sp³-hybridized carbons (Fsp3) is 0.143. The average molecular weight is 456 g/mol. The van der Waals surface area contributed by atoms with Crippen molar-refractivity contribution in [3.63, 3.8) is 0 Å². The van der Waals surface area contributed by atoms with E-state index in [1.807, 2.05) is 31.2 Å². The molecule has 0 atom stereocenters. The van der Waals surface area contributed by atoms with Gasteiger partial charge in [-0.1, -0.05) is 41.1 Å². The Balaban J connectivity index is 1.60. The molecule has 31 heavy (non-hydrogen) atoms. The number of hydrogen-bond donors (Lipinski definition) is 1. The zero-order valence-electron chi connectivity index (χ0n) is 16.7. The van der Waals surface area contributed by atoms with E-state index in [0.717, 1.165) is 15.1 Å². The first-order chi connectivity index (χ1) is 14.9. The van der Waals surface area contributed by atoms with Gasteiger partial charge in [0.2, 0.25) is 5.91 Å². The lowest BCUT2D eigenvalue weighted by atomic mass is 10.2. The molecule has 0 saturated carbocycles. The number of aryl methyl sites for hydroxylation is 1. The first-order valence-electron chi connectivity index (χ1n) is 9.26. The number of ether oxygens (including phenoxy) is 1. The largest absolute Gasteiger partial charge is 0.495 e. The number of benzene rings is 2. The van der Waals surface area contributed by atoms with Gasteiger partial charge in [-0.05, 0) is 37.3 Å². The minimum Gasteiger partial charge on any atom is -0.495 e. The molecule has 0 saturated heterocycles. The maximum atomic E-state index is 12.8. The Labute approximate surface area is 186 Å². The summed E-state index contributed by atoms with van der Waals surface area (Å²) in [6.07, 6.45) is 3.06. The molecule has 0 spiro atoms. The molecule has 10 heteroatoms. The van der Waals surface area contributed by atoms with Gasteiger partial charge in [0.05, 0.1) is 12.8 Å². The fourth-order valence-corrected chi connectivity index (χ4v) is 4.13. The molecule has 4 rings (SSSR count). The predicted molar refractivity (Wildman–Crippen MR) is 119 cm³/mol. The number of amides is 1. The molecule has 0 unspecified atom stereocenters. The Morgan fingerprint density at radius 3 is 2.87 bits per heavy atom. The van der Waals surface area contributed by atoms with E-state index < -0.39 is 11.6 Å². The highest BCUT2D eigenvalue weighted by molar-refractivity contribution is 7.99. The van der Waals surface area contributed by atoms with Gasteiger partial charge in [-0.3, -0.25) is 4.79 Å². The summed E-state index contributed by atoms with van der Waals surface area (Å²) in [5, 5.41) is 8.06. The van der Waals surface area contributed by atoms with Crippen molar-refractivity contribution in [1.29, 1.82) is 0 Å². The van der Waals surface area contributed by atoms with Crippen LogP contribution >= 0.6 is 23.4 Å². The summed E-state index contributed by atoms with van der Waals surface area (Å²) in [7, 11) is 1.49. The standard InChI is InChI=1S/C21H18ClN5O3S/c1-13-4-3-5-15(10-13)31-20-19-25-27(21(29)26(19)9-8-23-20)12-18(28)24-16-11-14(22)6-7-17(16)30-2/h3-11H,12H2,1-2H3,(H,24,28). The number of hydrogen-bond acceptors (Lipinski definition) is 6. The van der Waals surface area contributed by atoms with Crippen LogP contribution in [-0.2, 0) is 11.3 Å². The summed E-state index contributed by atoms with van der Waals surface area (Å²) >= 11 is 7.41. The molecule has 4 aromatic rings. The van der Waals surface area contributed by atoms with Gasteiger partial charge < -0.3 is 10.1 Å². The molecule has 0 fully saturated rings. The van der Waals surface area contributed by atoms with Crippen LogP contribution in [-0.4, -0.2) is 32.2 Å². The highest BCUT2D eigenvalue weighted by Gasteiger charge is 2.16. The zero-order chi connectivity index (χ0) is 22.0. The molecular weight excluding hydrogens is 438 g/mol. The highest BCUT2D eigenvalue weighted by Crippen LogP contribution is 2.29. The highest BCUT2D eigenvalue weighted by atomic mass is 35.5. The van der Waals surface area contributed by atoms with E-state index in [4.69, 9.17) is 16.3 Å². The molecule has 2 aromatic carbocycles. The lowest BCUT2D eigenvalue weighted by molar-refractivity contribution is -0.117. The molecule has 0 aliphatic carbocycles. The molecule has 1 amide bonds. The van der Waals surface area contributed by atoms with Crippen LogP contribution in [0.3, 0.4) is 0 Å². The van der Waals surface area contributed by atoms with Crippen molar-refractivity contribution >= 4 is 40.6 Å². The summed E-state index contributed by atoms with van der Waals surface area (Å²) in [6, 6.07) is 12.8. The SMILES string of the molecule is COc1ccc(Cl)cc1NC(=O)Cn1nc2c(Sc3cccc(C)c3)nccn2c1=O. The normalized spacial score (nSPS) is 10.9. The summed E-state index contributed by atoms with van der Waals surface area (Å²) in [4.78, 5) is 30.7. The van der Waals surface area contributed by atoms with E-state index in [1.165, 1.54) is 35.7 Å². The number of rotatable bonds is 6. The van der Waals surface area contributed by atoms with Gasteiger partial charge in [0.25, 0.3) is 0 Å². The molecular formula is C21H18ClN5O3S. The smallest absolute Gasteiger partial charge is 0.350 e. The van der Waals surface area contributed by atoms with Crippen LogP contribution in [0.4, 0.5) is 5.69 Å². The monoisotopic (exact) mass is 455 g/mol. The average Bonchev–Trinajstić information content (AvgIpc) is 3.05. The van der Waals surface area contributed by atoms with Gasteiger partial charge in [0, 0.05) is 22.3 Å². The van der Waals surface area contributed by atoms with Crippen LogP contribution < -0.4 is 15.7 Å². The first kappa shape index (κ1) is 21.0. The molecule has 0 aliphatic rings. The van der Waals surface area contributed by atoms with E-state index in [-0.39, 0.29) is 6.54 Å². The Hall–Kier alpha value is -3.30. The van der Waals surface area contributed by atoms with Crippen molar-refractivity contribution in [2.75, 3.05) is 12.4 Å². The zero-order valence-corrected chi connectivity index (χ0v) is 18.3. The van der Waals surface area contributed by atoms with Crippen molar-refractivity contribution < 1.29 is 9.53 Å². The van der Waals surface area contributed by atoms with E-state index in [9.17, 15) is 9.59 Å². The lowest BCUT2D eigenvalue weighted by Gasteiger charge is -2.10. The summed E-state index contributed by atoms with van der Waals surface area (Å²) in [5.74, 6) is 0.0214. The van der Waals surface area contributed by atoms with Crippen LogP contribution in [0.1, 0.15) is 5.56 Å². The van der Waals surface area contributed by atoms with E-state index in [2.05, 4.69) is 15.4 Å². The maximum Gasteiger partial charge on any atom is 0.350 e. The minimum absolute atomic E-state index is 0.273. The van der Waals surface area contributed by atoms with Gasteiger partial charge in [-0.25, -0.2) is 18.9 Å². The van der Waals surface area contributed by atoms with Crippen molar-refractivity contribution in [3.8, 4) is 5.75 Å². The molecule has 2 heterocycles. The summed E-state index contributed by atoms with van der Waals surface area (Å²) in [5.41, 5.74) is 1.48. The number of fused-ring (bicyclic) bond motifs is 1. The minimum atomic E-state index is -0.438. The van der Waals surface area contributed by atoms with E-state index in [1.54, 1.807) is 18.2 Å². The molecule has 0 aliphatic heterocycles. The third-order valence-corrected chi connectivity index (χ3v) is 5.61. The van der Waals surface area contributed by atoms with Gasteiger partial charge in [-0.15, -0.1) is 5.10 Å². The van der Waals surface area contributed by atoms with Crippen molar-refractivity contribution in [1.82, 2.24) is 19.2 Å². The number of nitrogens with one attached hydrogen (secondary N) is 1. The van der Waals surface area contributed by atoms with Crippen LogP contribution in [0.2, 0.25) is 5.02 Å². The summed E-state index contributed by atoms with van der Waals surface area (Å²) < 4.78 is 7.71. The maximum absolute atomic E-state index is 12.8. The second-order valence-corrected chi connectivity index (χ2v) is 8.18.